The van der Waals surface area contributed by atoms with Crippen LogP contribution in [0, 0.1) is 0 Å². The van der Waals surface area contributed by atoms with Crippen molar-refractivity contribution in [2.75, 3.05) is 12.3 Å². The molecule has 0 saturated carbocycles. The maximum atomic E-state index is 2.39. The minimum Gasteiger partial charge on any atom is -0.0620 e. The fourth-order valence-corrected chi connectivity index (χ4v) is 15.8. The molecule has 0 fully saturated rings. The van der Waals surface area contributed by atoms with Crippen LogP contribution in [0.15, 0.2) is 206 Å². The average molecular weight is 657 g/mol. The molecule has 7 aromatic carbocycles. The molecule has 0 saturated heterocycles. The Balaban J connectivity index is 1.19. The van der Waals surface area contributed by atoms with Crippen LogP contribution in [0.25, 0.3) is 0 Å². The van der Waals surface area contributed by atoms with Gasteiger partial charge in [-0.05, 0) is 83.9 Å². The molecule has 0 unspecified atom stereocenters. The van der Waals surface area contributed by atoms with Gasteiger partial charge in [-0.2, -0.15) is 0 Å². The summed E-state index contributed by atoms with van der Waals surface area (Å²) < 4.78 is 0. The van der Waals surface area contributed by atoms with E-state index < -0.39 is 14.5 Å². The smallest absolute Gasteiger partial charge is 0.0620 e. The Morgan fingerprint density at radius 3 is 0.604 bits per heavy atom. The summed E-state index contributed by atoms with van der Waals surface area (Å²) in [6.07, 6.45) is 4.24. The summed E-state index contributed by atoms with van der Waals surface area (Å²) in [4.78, 5) is 0. The van der Waals surface area contributed by atoms with Crippen LogP contribution in [0.4, 0.5) is 0 Å². The van der Waals surface area contributed by atoms with Gasteiger partial charge in [0.2, 0.25) is 0 Å². The quantitative estimate of drug-likeness (QED) is 0.115. The monoisotopic (exact) mass is 656 g/mol. The first-order valence-corrected chi connectivity index (χ1v) is 20.9. The van der Waals surface area contributed by atoms with Crippen LogP contribution in [0.5, 0.6) is 0 Å². The highest BCUT2D eigenvalue weighted by molar-refractivity contribution is 7.96. The summed E-state index contributed by atoms with van der Waals surface area (Å²) in [6, 6.07) is 76.9. The zero-order valence-electron chi connectivity index (χ0n) is 27.4. The first-order chi connectivity index (χ1) is 23.8. The molecule has 7 aromatic rings. The predicted molar refractivity (Wildman–Crippen MR) is 214 cm³/mol. The van der Waals surface area contributed by atoms with Gasteiger partial charge in [-0.15, -0.1) is 0 Å². The largest absolute Gasteiger partial charge is 0.112 e. The summed E-state index contributed by atoms with van der Waals surface area (Å²) in [7, 11) is -3.73. The highest BCUT2D eigenvalue weighted by Crippen LogP contribution is 2.56. The van der Waals surface area contributed by atoms with Crippen LogP contribution < -0.4 is 31.8 Å². The molecular weight excluding hydrogens is 614 g/mol. The zero-order valence-corrected chi connectivity index (χ0v) is 29.1. The Hall–Kier alpha value is -4.60. The number of hydrogen-bond acceptors (Lipinski definition) is 0. The van der Waals surface area contributed by atoms with Crippen molar-refractivity contribution in [1.29, 1.82) is 0 Å². The predicted octanol–water partition coefficient (Wildman–Crippen LogP) is 8.76. The second-order valence-corrected chi connectivity index (χ2v) is 19.6. The minimum absolute atomic E-state index is 1.03. The van der Waals surface area contributed by atoms with E-state index in [-0.39, 0.29) is 0 Å². The van der Waals surface area contributed by atoms with Crippen molar-refractivity contribution in [2.24, 2.45) is 0 Å². The molecular formula is C46H42P2+2. The van der Waals surface area contributed by atoms with Gasteiger partial charge in [-0.25, -0.2) is 0 Å². The molecule has 0 bridgehead atoms. The molecule has 0 spiro atoms. The van der Waals surface area contributed by atoms with Crippen LogP contribution in [-0.2, 0) is 12.8 Å². The lowest BCUT2D eigenvalue weighted by Crippen LogP contribution is -2.34. The number of aryl methyl sites for hydroxylation is 2. The Labute approximate surface area is 287 Å². The van der Waals surface area contributed by atoms with E-state index in [1.54, 1.807) is 0 Å². The van der Waals surface area contributed by atoms with Crippen LogP contribution in [0.3, 0.4) is 0 Å². The lowest BCUT2D eigenvalue weighted by molar-refractivity contribution is 1.11. The van der Waals surface area contributed by atoms with Crippen LogP contribution >= 0.6 is 14.5 Å². The Bertz CT molecular complexity index is 1630. The first kappa shape index (κ1) is 32.0. The Morgan fingerprint density at radius 2 is 0.417 bits per heavy atom. The van der Waals surface area contributed by atoms with Gasteiger partial charge in [-0.1, -0.05) is 133 Å². The maximum absolute atomic E-state index is 2.39. The van der Waals surface area contributed by atoms with Gasteiger partial charge >= 0.3 is 0 Å². The van der Waals surface area contributed by atoms with E-state index in [4.69, 9.17) is 0 Å². The van der Waals surface area contributed by atoms with Gasteiger partial charge in [-0.3, -0.25) is 0 Å². The molecule has 7 rings (SSSR count). The molecule has 2 heteroatoms. The molecule has 0 amide bonds. The molecule has 234 valence electrons. The number of hydrogen-bond donors (Lipinski definition) is 0. The van der Waals surface area contributed by atoms with E-state index in [1.165, 1.54) is 43.0 Å². The van der Waals surface area contributed by atoms with E-state index in [9.17, 15) is 0 Å². The van der Waals surface area contributed by atoms with E-state index in [2.05, 4.69) is 206 Å². The van der Waals surface area contributed by atoms with Crippen molar-refractivity contribution in [3.05, 3.63) is 217 Å². The van der Waals surface area contributed by atoms with Crippen molar-refractivity contribution in [3.63, 3.8) is 0 Å². The average Bonchev–Trinajstić information content (AvgIpc) is 3.18. The topological polar surface area (TPSA) is 0 Å². The third-order valence-electron chi connectivity index (χ3n) is 9.68. The minimum atomic E-state index is -1.86. The van der Waals surface area contributed by atoms with Crippen LogP contribution in [-0.4, -0.2) is 12.3 Å². The van der Waals surface area contributed by atoms with E-state index >= 15 is 0 Å². The standard InChI is InChI=1S/C46H42P2/c1-7-19-41(20-8-1)47(42-21-9-2-10-22-42,43-23-11-3-12-24-43)37-35-39-31-33-40(34-32-39)36-38-48(44-25-13-4-14-26-44,45-27-15-5-16-28-45)46-29-17-6-18-30-46/h1-34H,35-38H2/q+2. The van der Waals surface area contributed by atoms with Crippen molar-refractivity contribution in [1.82, 2.24) is 0 Å². The zero-order chi connectivity index (χ0) is 32.5. The van der Waals surface area contributed by atoms with E-state index in [1.807, 2.05) is 0 Å². The normalized spacial score (nSPS) is 11.7. The van der Waals surface area contributed by atoms with E-state index in [0.717, 1.165) is 25.2 Å². The Kier molecular flexibility index (Phi) is 10.1. The van der Waals surface area contributed by atoms with Crippen molar-refractivity contribution in [3.8, 4) is 0 Å². The molecule has 0 heterocycles. The van der Waals surface area contributed by atoms with Crippen molar-refractivity contribution in [2.45, 2.75) is 12.8 Å². The molecule has 0 aliphatic carbocycles. The number of rotatable bonds is 12. The lowest BCUT2D eigenvalue weighted by Gasteiger charge is -2.28. The summed E-state index contributed by atoms with van der Waals surface area (Å²) in [5.41, 5.74) is 2.81. The first-order valence-electron chi connectivity index (χ1n) is 17.0. The van der Waals surface area contributed by atoms with Crippen LogP contribution in [0.2, 0.25) is 0 Å². The highest BCUT2D eigenvalue weighted by atomic mass is 31.2. The molecule has 0 aromatic heterocycles. The highest BCUT2D eigenvalue weighted by Gasteiger charge is 2.46. The molecule has 0 aliphatic heterocycles. The van der Waals surface area contributed by atoms with Gasteiger partial charge in [0, 0.05) is 12.8 Å². The third-order valence-corrected chi connectivity index (χ3v) is 18.5. The van der Waals surface area contributed by atoms with Gasteiger partial charge in [0.1, 0.15) is 46.4 Å². The summed E-state index contributed by atoms with van der Waals surface area (Å²) in [5, 5.41) is 8.68. The van der Waals surface area contributed by atoms with Gasteiger partial charge in [0.15, 0.2) is 0 Å². The second-order valence-electron chi connectivity index (χ2n) is 12.4. The molecule has 0 N–H and O–H groups in total. The molecule has 0 nitrogen and oxygen atoms in total. The lowest BCUT2D eigenvalue weighted by atomic mass is 10.1. The summed E-state index contributed by atoms with van der Waals surface area (Å²) in [6.45, 7) is 0. The third kappa shape index (κ3) is 6.57. The van der Waals surface area contributed by atoms with Crippen molar-refractivity contribution >= 4 is 46.4 Å². The number of benzene rings is 7. The summed E-state index contributed by atoms with van der Waals surface area (Å²) >= 11 is 0. The summed E-state index contributed by atoms with van der Waals surface area (Å²) in [5.74, 6) is 0. The molecule has 0 aliphatic rings. The maximum Gasteiger partial charge on any atom is 0.112 e. The van der Waals surface area contributed by atoms with E-state index in [0.29, 0.717) is 0 Å². The molecule has 0 radical (unpaired) electrons. The van der Waals surface area contributed by atoms with Gasteiger partial charge in [0.05, 0.1) is 12.3 Å². The second kappa shape index (κ2) is 15.1. The molecule has 0 atom stereocenters. The van der Waals surface area contributed by atoms with Crippen molar-refractivity contribution < 1.29 is 0 Å². The Morgan fingerprint density at radius 1 is 0.229 bits per heavy atom. The fraction of sp³-hybridized carbons (Fsp3) is 0.0870. The molecule has 48 heavy (non-hydrogen) atoms. The van der Waals surface area contributed by atoms with Crippen LogP contribution in [0.1, 0.15) is 11.1 Å². The van der Waals surface area contributed by atoms with Gasteiger partial charge < -0.3 is 0 Å². The SMILES string of the molecule is c1ccc([P+](CCc2ccc(CC[P+](c3ccccc3)(c3ccccc3)c3ccccc3)cc2)(c2ccccc2)c2ccccc2)cc1. The fourth-order valence-electron chi connectivity index (χ4n) is 7.23. The van der Waals surface area contributed by atoms with Gasteiger partial charge in [0.25, 0.3) is 0 Å².